The van der Waals surface area contributed by atoms with Crippen LogP contribution in [0.25, 0.3) is 0 Å². The maximum atomic E-state index is 12.3. The van der Waals surface area contributed by atoms with Gasteiger partial charge < -0.3 is 10.0 Å². The van der Waals surface area contributed by atoms with E-state index in [1.165, 1.54) is 0 Å². The van der Waals surface area contributed by atoms with Crippen LogP contribution in [0.4, 0.5) is 0 Å². The second-order valence-electron chi connectivity index (χ2n) is 8.51. The third-order valence-electron chi connectivity index (χ3n) is 6.58. The Labute approximate surface area is 197 Å². The first-order valence-corrected chi connectivity index (χ1v) is 11.3. The molecule has 0 unspecified atom stereocenters. The minimum atomic E-state index is -0.974. The second kappa shape index (κ2) is 11.4. The average Bonchev–Trinajstić information content (AvgIpc) is 2.85. The molecule has 1 N–H and O–H groups in total. The summed E-state index contributed by atoms with van der Waals surface area (Å²) < 4.78 is 0. The second-order valence-corrected chi connectivity index (χ2v) is 8.51. The molecule has 4 heteroatoms. The zero-order valence-electron chi connectivity index (χ0n) is 18.4. The van der Waals surface area contributed by atoms with Gasteiger partial charge in [-0.3, -0.25) is 4.79 Å². The number of halogens is 1. The Hall–Kier alpha value is -2.46. The summed E-state index contributed by atoms with van der Waals surface area (Å²) in [6.07, 6.45) is 3.34. The Morgan fingerprint density at radius 3 is 1.78 bits per heavy atom. The van der Waals surface area contributed by atoms with Crippen molar-refractivity contribution in [1.82, 2.24) is 4.90 Å². The van der Waals surface area contributed by atoms with Gasteiger partial charge in [0.05, 0.1) is 0 Å². The Balaban J connectivity index is 0.00000289. The number of aliphatic hydroxyl groups is 1. The van der Waals surface area contributed by atoms with Gasteiger partial charge in [0, 0.05) is 12.0 Å². The van der Waals surface area contributed by atoms with Crippen molar-refractivity contribution in [3.8, 4) is 0 Å². The first kappa shape index (κ1) is 24.2. The molecule has 0 saturated carbocycles. The number of ketones is 1. The number of piperidine rings is 1. The van der Waals surface area contributed by atoms with Crippen LogP contribution >= 0.6 is 12.4 Å². The molecule has 3 aromatic carbocycles. The summed E-state index contributed by atoms with van der Waals surface area (Å²) in [5, 5.41) is 12.0. The van der Waals surface area contributed by atoms with Crippen molar-refractivity contribution in [2.45, 2.75) is 31.3 Å². The molecule has 0 amide bonds. The van der Waals surface area contributed by atoms with Crippen molar-refractivity contribution in [2.24, 2.45) is 5.92 Å². The van der Waals surface area contributed by atoms with Crippen LogP contribution < -0.4 is 0 Å². The lowest BCUT2D eigenvalue weighted by molar-refractivity contribution is -0.0142. The highest BCUT2D eigenvalue weighted by Gasteiger charge is 2.41. The Morgan fingerprint density at radius 2 is 1.28 bits per heavy atom. The molecule has 168 valence electrons. The van der Waals surface area contributed by atoms with Gasteiger partial charge in [0.2, 0.25) is 0 Å². The minimum Gasteiger partial charge on any atom is -0.380 e. The van der Waals surface area contributed by atoms with E-state index in [1.54, 1.807) is 0 Å². The first-order valence-electron chi connectivity index (χ1n) is 11.3. The molecule has 0 spiro atoms. The van der Waals surface area contributed by atoms with Gasteiger partial charge in [-0.05, 0) is 55.9 Å². The van der Waals surface area contributed by atoms with E-state index in [0.29, 0.717) is 6.42 Å². The molecular weight excluding hydrogens is 418 g/mol. The predicted molar refractivity (Wildman–Crippen MR) is 132 cm³/mol. The summed E-state index contributed by atoms with van der Waals surface area (Å²) in [5.74, 6) is 0.387. The van der Waals surface area contributed by atoms with Gasteiger partial charge in [-0.2, -0.15) is 0 Å². The molecule has 0 atom stereocenters. The van der Waals surface area contributed by atoms with Gasteiger partial charge in [0.1, 0.15) is 5.60 Å². The van der Waals surface area contributed by atoms with Gasteiger partial charge in [-0.1, -0.05) is 91.0 Å². The van der Waals surface area contributed by atoms with Crippen LogP contribution in [0.1, 0.15) is 47.2 Å². The minimum absolute atomic E-state index is 0. The zero-order chi connectivity index (χ0) is 21.5. The summed E-state index contributed by atoms with van der Waals surface area (Å²) in [6.45, 7) is 2.83. The van der Waals surface area contributed by atoms with Crippen LogP contribution in [0.3, 0.4) is 0 Å². The molecular formula is C28H32ClNO2. The monoisotopic (exact) mass is 449 g/mol. The molecule has 0 bridgehead atoms. The van der Waals surface area contributed by atoms with Crippen molar-refractivity contribution in [3.05, 3.63) is 108 Å². The van der Waals surface area contributed by atoms with E-state index in [0.717, 1.165) is 55.6 Å². The fraction of sp³-hybridized carbons (Fsp3) is 0.321. The van der Waals surface area contributed by atoms with Crippen molar-refractivity contribution in [1.29, 1.82) is 0 Å². The molecule has 3 aromatic rings. The van der Waals surface area contributed by atoms with Crippen LogP contribution in [0.15, 0.2) is 91.0 Å². The third-order valence-corrected chi connectivity index (χ3v) is 6.58. The Bertz CT molecular complexity index is 915. The standard InChI is InChI=1S/C28H31NO2.ClH/c30-27(23-11-4-1-5-12-23)17-10-20-29-21-18-26(19-22-29)28(31,24-13-6-2-7-14-24)25-15-8-3-9-16-25;/h1-9,11-16,26,31H,10,17-22H2;1H. The fourth-order valence-electron chi connectivity index (χ4n) is 4.83. The van der Waals surface area contributed by atoms with Gasteiger partial charge >= 0.3 is 0 Å². The van der Waals surface area contributed by atoms with Crippen molar-refractivity contribution in [3.63, 3.8) is 0 Å². The van der Waals surface area contributed by atoms with Crippen molar-refractivity contribution < 1.29 is 9.90 Å². The molecule has 0 aliphatic carbocycles. The Morgan fingerprint density at radius 1 is 0.812 bits per heavy atom. The van der Waals surface area contributed by atoms with Gasteiger partial charge in [-0.25, -0.2) is 0 Å². The average molecular weight is 450 g/mol. The molecule has 0 aromatic heterocycles. The molecule has 0 radical (unpaired) electrons. The van der Waals surface area contributed by atoms with E-state index < -0.39 is 5.60 Å². The van der Waals surface area contributed by atoms with E-state index in [9.17, 15) is 9.90 Å². The summed E-state index contributed by atoms with van der Waals surface area (Å²) in [5.41, 5.74) is 1.76. The van der Waals surface area contributed by atoms with Crippen molar-refractivity contribution >= 4 is 18.2 Å². The number of hydrogen-bond acceptors (Lipinski definition) is 3. The fourth-order valence-corrected chi connectivity index (χ4v) is 4.83. The summed E-state index contributed by atoms with van der Waals surface area (Å²) in [6, 6.07) is 29.7. The van der Waals surface area contributed by atoms with Crippen LogP contribution in [0.5, 0.6) is 0 Å². The van der Waals surface area contributed by atoms with Crippen LogP contribution in [-0.4, -0.2) is 35.4 Å². The van der Waals surface area contributed by atoms with Crippen LogP contribution in [0.2, 0.25) is 0 Å². The highest BCUT2D eigenvalue weighted by atomic mass is 35.5. The SMILES string of the molecule is Cl.O=C(CCCN1CCC(C(O)(c2ccccc2)c2ccccc2)CC1)c1ccccc1. The topological polar surface area (TPSA) is 40.5 Å². The predicted octanol–water partition coefficient (Wildman–Crippen LogP) is 5.72. The molecule has 1 fully saturated rings. The first-order chi connectivity index (χ1) is 15.2. The highest BCUT2D eigenvalue weighted by Crippen LogP contribution is 2.41. The van der Waals surface area contributed by atoms with E-state index in [1.807, 2.05) is 91.0 Å². The summed E-state index contributed by atoms with van der Waals surface area (Å²) in [7, 11) is 0. The number of nitrogens with zero attached hydrogens (tertiary/aromatic N) is 1. The largest absolute Gasteiger partial charge is 0.380 e. The summed E-state index contributed by atoms with van der Waals surface area (Å²) >= 11 is 0. The lowest BCUT2D eigenvalue weighted by atomic mass is 9.72. The number of carbonyl (C=O) groups excluding carboxylic acids is 1. The molecule has 1 aliphatic heterocycles. The number of carbonyl (C=O) groups is 1. The van der Waals surface area contributed by atoms with E-state index in [-0.39, 0.29) is 24.1 Å². The maximum Gasteiger partial charge on any atom is 0.162 e. The van der Waals surface area contributed by atoms with E-state index in [4.69, 9.17) is 0 Å². The number of likely N-dealkylation sites (tertiary alicyclic amines) is 1. The number of hydrogen-bond donors (Lipinski definition) is 1. The zero-order valence-corrected chi connectivity index (χ0v) is 19.2. The van der Waals surface area contributed by atoms with Crippen LogP contribution in [-0.2, 0) is 5.60 Å². The Kier molecular flexibility index (Phi) is 8.63. The quantitative estimate of drug-likeness (QED) is 0.447. The normalized spacial score (nSPS) is 15.2. The van der Waals surface area contributed by atoms with E-state index in [2.05, 4.69) is 4.90 Å². The van der Waals surface area contributed by atoms with Gasteiger partial charge in [0.15, 0.2) is 5.78 Å². The lowest BCUT2D eigenvalue weighted by Crippen LogP contribution is -2.44. The van der Waals surface area contributed by atoms with Gasteiger partial charge in [-0.15, -0.1) is 12.4 Å². The molecule has 1 heterocycles. The smallest absolute Gasteiger partial charge is 0.162 e. The molecule has 1 aliphatic rings. The highest BCUT2D eigenvalue weighted by molar-refractivity contribution is 5.95. The maximum absolute atomic E-state index is 12.3. The number of benzene rings is 3. The van der Waals surface area contributed by atoms with Crippen LogP contribution in [0, 0.1) is 5.92 Å². The lowest BCUT2D eigenvalue weighted by Gasteiger charge is -2.42. The molecule has 4 rings (SSSR count). The summed E-state index contributed by atoms with van der Waals surface area (Å²) in [4.78, 5) is 14.8. The molecule has 32 heavy (non-hydrogen) atoms. The van der Waals surface area contributed by atoms with Crippen molar-refractivity contribution in [2.75, 3.05) is 19.6 Å². The molecule has 3 nitrogen and oxygen atoms in total. The number of Topliss-reactive ketones (excluding diaryl/α,β-unsaturated/α-hetero) is 1. The van der Waals surface area contributed by atoms with Gasteiger partial charge in [0.25, 0.3) is 0 Å². The third kappa shape index (κ3) is 5.47. The van der Waals surface area contributed by atoms with E-state index >= 15 is 0 Å². The number of rotatable bonds is 8. The molecule has 1 saturated heterocycles.